The predicted molar refractivity (Wildman–Crippen MR) is 67.1 cm³/mol. The Hall–Kier alpha value is -0.610. The smallest absolute Gasteiger partial charge is 0.317 e. The van der Waals surface area contributed by atoms with Gasteiger partial charge in [-0.15, -0.1) is 0 Å². The van der Waals surface area contributed by atoms with Gasteiger partial charge in [-0.1, -0.05) is 12.8 Å². The number of nitrogens with zero attached hydrogens (tertiary/aromatic N) is 1. The van der Waals surface area contributed by atoms with E-state index in [1.165, 1.54) is 32.1 Å². The van der Waals surface area contributed by atoms with Gasteiger partial charge >= 0.3 is 5.97 Å². The molecule has 17 heavy (non-hydrogen) atoms. The molecule has 0 amide bonds. The monoisotopic (exact) mass is 240 g/mol. The fourth-order valence-electron chi connectivity index (χ4n) is 3.10. The first kappa shape index (κ1) is 12.8. The summed E-state index contributed by atoms with van der Waals surface area (Å²) in [5.41, 5.74) is 0. The lowest BCUT2D eigenvalue weighted by Crippen LogP contribution is -2.48. The zero-order chi connectivity index (χ0) is 12.1. The van der Waals surface area contributed by atoms with Crippen LogP contribution in [0, 0.1) is 5.92 Å². The molecule has 0 aromatic heterocycles. The van der Waals surface area contributed by atoms with Crippen LogP contribution in [0.2, 0.25) is 0 Å². The van der Waals surface area contributed by atoms with Gasteiger partial charge in [0.15, 0.2) is 0 Å². The molecule has 4 heteroatoms. The summed E-state index contributed by atoms with van der Waals surface area (Å²) >= 11 is 0. The van der Waals surface area contributed by atoms with Crippen molar-refractivity contribution in [1.82, 2.24) is 10.2 Å². The summed E-state index contributed by atoms with van der Waals surface area (Å²) in [5, 5.41) is 12.4. The molecule has 1 unspecified atom stereocenters. The van der Waals surface area contributed by atoms with Crippen molar-refractivity contribution < 1.29 is 9.90 Å². The molecule has 0 aromatic rings. The normalized spacial score (nSPS) is 27.4. The fraction of sp³-hybridized carbons (Fsp3) is 0.923. The van der Waals surface area contributed by atoms with E-state index in [1.807, 2.05) is 0 Å². The second-order valence-corrected chi connectivity index (χ2v) is 5.53. The third-order valence-corrected chi connectivity index (χ3v) is 4.03. The summed E-state index contributed by atoms with van der Waals surface area (Å²) in [5.74, 6) is 0.159. The van der Waals surface area contributed by atoms with Gasteiger partial charge in [-0.25, -0.2) is 0 Å². The van der Waals surface area contributed by atoms with Crippen LogP contribution >= 0.6 is 0 Å². The lowest BCUT2D eigenvalue weighted by molar-refractivity contribution is -0.138. The van der Waals surface area contributed by atoms with E-state index in [9.17, 15) is 4.79 Å². The first-order valence-electron chi connectivity index (χ1n) is 6.91. The molecule has 1 aliphatic heterocycles. The van der Waals surface area contributed by atoms with E-state index in [4.69, 9.17) is 5.11 Å². The number of aliphatic carboxylic acids is 1. The minimum atomic E-state index is -0.707. The Morgan fingerprint density at radius 2 is 2.00 bits per heavy atom. The highest BCUT2D eigenvalue weighted by atomic mass is 16.4. The van der Waals surface area contributed by atoms with Crippen LogP contribution in [0.1, 0.15) is 38.5 Å². The van der Waals surface area contributed by atoms with E-state index >= 15 is 0 Å². The highest BCUT2D eigenvalue weighted by molar-refractivity contribution is 5.69. The number of carboxylic acid groups (broad SMARTS) is 1. The molecule has 1 aliphatic carbocycles. The number of rotatable bonds is 5. The van der Waals surface area contributed by atoms with Gasteiger partial charge in [-0.3, -0.25) is 9.69 Å². The highest BCUT2D eigenvalue weighted by Gasteiger charge is 2.22. The Labute approximate surface area is 103 Å². The molecule has 0 bridgehead atoms. The number of hydrogen-bond donors (Lipinski definition) is 2. The van der Waals surface area contributed by atoms with Crippen LogP contribution in [0.3, 0.4) is 0 Å². The predicted octanol–water partition coefficient (Wildman–Crippen LogP) is 1.32. The molecule has 2 N–H and O–H groups in total. The molecule has 2 fully saturated rings. The molecule has 0 aromatic carbocycles. The van der Waals surface area contributed by atoms with E-state index in [0.717, 1.165) is 32.0 Å². The first-order valence-corrected chi connectivity index (χ1v) is 6.91. The SMILES string of the molecule is O=C(O)CN1CCCC(NCC2CCCC2)C1. The van der Waals surface area contributed by atoms with Gasteiger partial charge < -0.3 is 10.4 Å². The van der Waals surface area contributed by atoms with Gasteiger partial charge in [0.05, 0.1) is 6.54 Å². The number of likely N-dealkylation sites (tertiary alicyclic amines) is 1. The van der Waals surface area contributed by atoms with Crippen molar-refractivity contribution in [2.45, 2.75) is 44.6 Å². The maximum Gasteiger partial charge on any atom is 0.317 e. The van der Waals surface area contributed by atoms with Crippen LogP contribution in [0.15, 0.2) is 0 Å². The van der Waals surface area contributed by atoms with E-state index in [-0.39, 0.29) is 6.54 Å². The molecular weight excluding hydrogens is 216 g/mol. The second-order valence-electron chi connectivity index (χ2n) is 5.53. The van der Waals surface area contributed by atoms with E-state index in [0.29, 0.717) is 6.04 Å². The molecule has 1 saturated heterocycles. The van der Waals surface area contributed by atoms with E-state index in [2.05, 4.69) is 10.2 Å². The Bertz CT molecular complexity index is 252. The molecule has 98 valence electrons. The number of piperidine rings is 1. The van der Waals surface area contributed by atoms with Gasteiger partial charge in [-0.2, -0.15) is 0 Å². The van der Waals surface area contributed by atoms with Crippen molar-refractivity contribution in [2.75, 3.05) is 26.2 Å². The van der Waals surface area contributed by atoms with Gasteiger partial charge in [-0.05, 0) is 44.7 Å². The first-order chi connectivity index (χ1) is 8.24. The van der Waals surface area contributed by atoms with Crippen LogP contribution in [-0.4, -0.2) is 48.2 Å². The van der Waals surface area contributed by atoms with Crippen LogP contribution < -0.4 is 5.32 Å². The summed E-state index contributed by atoms with van der Waals surface area (Å²) in [7, 11) is 0. The molecule has 1 heterocycles. The van der Waals surface area contributed by atoms with Crippen molar-refractivity contribution in [1.29, 1.82) is 0 Å². The van der Waals surface area contributed by atoms with Crippen LogP contribution in [0.5, 0.6) is 0 Å². The zero-order valence-corrected chi connectivity index (χ0v) is 10.5. The molecule has 2 rings (SSSR count). The van der Waals surface area contributed by atoms with Gasteiger partial charge in [0.25, 0.3) is 0 Å². The minimum absolute atomic E-state index is 0.196. The number of carbonyl (C=O) groups is 1. The Morgan fingerprint density at radius 1 is 1.24 bits per heavy atom. The maximum absolute atomic E-state index is 10.7. The molecule has 2 aliphatic rings. The number of nitrogens with one attached hydrogen (secondary N) is 1. The van der Waals surface area contributed by atoms with Gasteiger partial charge in [0.1, 0.15) is 0 Å². The summed E-state index contributed by atoms with van der Waals surface area (Å²) < 4.78 is 0. The van der Waals surface area contributed by atoms with Crippen molar-refractivity contribution in [3.05, 3.63) is 0 Å². The van der Waals surface area contributed by atoms with Crippen molar-refractivity contribution in [3.63, 3.8) is 0 Å². The van der Waals surface area contributed by atoms with Crippen LogP contribution in [-0.2, 0) is 4.79 Å². The Morgan fingerprint density at radius 3 is 2.71 bits per heavy atom. The lowest BCUT2D eigenvalue weighted by atomic mass is 10.0. The van der Waals surface area contributed by atoms with Crippen LogP contribution in [0.25, 0.3) is 0 Å². The Kier molecular flexibility index (Phi) is 4.80. The molecule has 1 saturated carbocycles. The second kappa shape index (κ2) is 6.36. The fourth-order valence-corrected chi connectivity index (χ4v) is 3.10. The lowest BCUT2D eigenvalue weighted by Gasteiger charge is -2.32. The van der Waals surface area contributed by atoms with Crippen LogP contribution in [0.4, 0.5) is 0 Å². The quantitative estimate of drug-likeness (QED) is 0.761. The average Bonchev–Trinajstić information content (AvgIpc) is 2.79. The molecule has 0 spiro atoms. The summed E-state index contributed by atoms with van der Waals surface area (Å²) in [6, 6.07) is 0.503. The summed E-state index contributed by atoms with van der Waals surface area (Å²) in [6.07, 6.45) is 7.85. The van der Waals surface area contributed by atoms with E-state index < -0.39 is 5.97 Å². The van der Waals surface area contributed by atoms with Gasteiger partial charge in [0.2, 0.25) is 0 Å². The molecule has 1 atom stereocenters. The summed E-state index contributed by atoms with van der Waals surface area (Å²) in [6.45, 7) is 3.17. The van der Waals surface area contributed by atoms with Crippen molar-refractivity contribution >= 4 is 5.97 Å². The van der Waals surface area contributed by atoms with Crippen molar-refractivity contribution in [3.8, 4) is 0 Å². The topological polar surface area (TPSA) is 52.6 Å². The van der Waals surface area contributed by atoms with Gasteiger partial charge in [0, 0.05) is 12.6 Å². The van der Waals surface area contributed by atoms with E-state index in [1.54, 1.807) is 0 Å². The minimum Gasteiger partial charge on any atom is -0.480 e. The third-order valence-electron chi connectivity index (χ3n) is 4.03. The highest BCUT2D eigenvalue weighted by Crippen LogP contribution is 2.24. The molecule has 0 radical (unpaired) electrons. The third kappa shape index (κ3) is 4.28. The largest absolute Gasteiger partial charge is 0.480 e. The Balaban J connectivity index is 1.67. The average molecular weight is 240 g/mol. The van der Waals surface area contributed by atoms with Crippen molar-refractivity contribution in [2.24, 2.45) is 5.92 Å². The molecule has 4 nitrogen and oxygen atoms in total. The zero-order valence-electron chi connectivity index (χ0n) is 10.5. The maximum atomic E-state index is 10.7. The standard InChI is InChI=1S/C13H24N2O2/c16-13(17)10-15-7-3-6-12(9-15)14-8-11-4-1-2-5-11/h11-12,14H,1-10H2,(H,16,17). The summed E-state index contributed by atoms with van der Waals surface area (Å²) in [4.78, 5) is 12.7. The number of hydrogen-bond acceptors (Lipinski definition) is 3. The molecular formula is C13H24N2O2. The number of carboxylic acids is 1.